The van der Waals surface area contributed by atoms with E-state index < -0.39 is 0 Å². The van der Waals surface area contributed by atoms with Gasteiger partial charge in [-0.3, -0.25) is 0 Å². The van der Waals surface area contributed by atoms with Gasteiger partial charge in [-0.2, -0.15) is 0 Å². The van der Waals surface area contributed by atoms with Gasteiger partial charge < -0.3 is 5.32 Å². The van der Waals surface area contributed by atoms with Crippen LogP contribution in [-0.4, -0.2) is 23.1 Å². The third-order valence-corrected chi connectivity index (χ3v) is 3.11. The smallest absolute Gasteiger partial charge is 0.197 e. The van der Waals surface area contributed by atoms with Crippen LogP contribution in [0.1, 0.15) is 12.1 Å². The van der Waals surface area contributed by atoms with Crippen molar-refractivity contribution in [2.45, 2.75) is 11.8 Å². The van der Waals surface area contributed by atoms with Gasteiger partial charge in [0.05, 0.1) is 5.69 Å². The molecular weight excluding hydrogens is 150 g/mol. The molecule has 2 fully saturated rings. The van der Waals surface area contributed by atoms with E-state index >= 15 is 0 Å². The van der Waals surface area contributed by atoms with Crippen LogP contribution in [0.25, 0.3) is 0 Å². The lowest BCUT2D eigenvalue weighted by atomic mass is 10.0. The van der Waals surface area contributed by atoms with E-state index in [2.05, 4.69) is 21.6 Å². The second kappa shape index (κ2) is 2.04. The summed E-state index contributed by atoms with van der Waals surface area (Å²) in [5, 5.41) is 3.39. The number of rotatable bonds is 1. The molecule has 1 N–H and O–H groups in total. The van der Waals surface area contributed by atoms with Crippen LogP contribution in [0.4, 0.5) is 0 Å². The zero-order chi connectivity index (χ0) is 8.02. The van der Waals surface area contributed by atoms with Crippen LogP contribution < -0.4 is 5.32 Å². The van der Waals surface area contributed by atoms with Gasteiger partial charge in [0.1, 0.15) is 0 Å². The molecule has 1 radical (unpaired) electrons. The van der Waals surface area contributed by atoms with Crippen molar-refractivity contribution in [2.24, 2.45) is 5.92 Å². The van der Waals surface area contributed by atoms with Gasteiger partial charge in [-0.05, 0) is 24.9 Å². The molecule has 1 saturated carbocycles. The summed E-state index contributed by atoms with van der Waals surface area (Å²) in [6.07, 6.45) is 5.74. The number of hydrogen-bond acceptors (Lipinski definition) is 3. The van der Waals surface area contributed by atoms with Crippen molar-refractivity contribution in [1.29, 1.82) is 0 Å². The molecule has 0 amide bonds. The molecule has 3 heteroatoms. The summed E-state index contributed by atoms with van der Waals surface area (Å²) < 4.78 is 0. The summed E-state index contributed by atoms with van der Waals surface area (Å²) in [5.41, 5.74) is 1.53. The fourth-order valence-electron chi connectivity index (χ4n) is 2.28. The van der Waals surface area contributed by atoms with Crippen molar-refractivity contribution in [3.05, 3.63) is 24.3 Å². The highest BCUT2D eigenvalue weighted by atomic mass is 15.0. The van der Waals surface area contributed by atoms with E-state index in [4.69, 9.17) is 0 Å². The molecule has 12 heavy (non-hydrogen) atoms. The minimum Gasteiger partial charge on any atom is -0.315 e. The normalized spacial score (nSPS) is 37.8. The molecule has 61 valence electrons. The summed E-state index contributed by atoms with van der Waals surface area (Å²) in [6.45, 7) is 2.24. The van der Waals surface area contributed by atoms with Crippen LogP contribution in [0.15, 0.2) is 12.3 Å². The standard InChI is InChI=1S/C9H10N3/c1-2-10-6-12-8(1)9-3-7(9)4-11-5-9/h1-2,7,11H,3-5H2. The number of nitrogens with one attached hydrogen (secondary N) is 1. The Kier molecular flexibility index (Phi) is 1.11. The fraction of sp³-hybridized carbons (Fsp3) is 0.556. The Morgan fingerprint density at radius 1 is 1.67 bits per heavy atom. The fourth-order valence-corrected chi connectivity index (χ4v) is 2.28. The second-order valence-electron chi connectivity index (χ2n) is 3.73. The van der Waals surface area contributed by atoms with Crippen molar-refractivity contribution >= 4 is 0 Å². The first kappa shape index (κ1) is 6.54. The Bertz CT molecular complexity index is 298. The van der Waals surface area contributed by atoms with Gasteiger partial charge in [0.25, 0.3) is 0 Å². The maximum absolute atomic E-state index is 4.20. The van der Waals surface area contributed by atoms with Crippen LogP contribution >= 0.6 is 0 Å². The number of aromatic nitrogens is 2. The number of fused-ring (bicyclic) bond motifs is 1. The molecule has 1 aromatic rings. The third kappa shape index (κ3) is 0.693. The van der Waals surface area contributed by atoms with Crippen molar-refractivity contribution in [3.63, 3.8) is 0 Å². The summed E-state index contributed by atoms with van der Waals surface area (Å²) in [4.78, 5) is 8.01. The molecule has 2 aliphatic rings. The Labute approximate surface area is 71.2 Å². The Hall–Kier alpha value is -0.960. The Morgan fingerprint density at radius 2 is 2.67 bits per heavy atom. The van der Waals surface area contributed by atoms with Crippen LogP contribution in [0, 0.1) is 12.2 Å². The first-order valence-corrected chi connectivity index (χ1v) is 4.32. The van der Waals surface area contributed by atoms with E-state index in [9.17, 15) is 0 Å². The maximum atomic E-state index is 4.20. The van der Waals surface area contributed by atoms with Crippen molar-refractivity contribution in [3.8, 4) is 0 Å². The van der Waals surface area contributed by atoms with E-state index in [1.165, 1.54) is 12.1 Å². The zero-order valence-electron chi connectivity index (χ0n) is 6.75. The molecular formula is C9H10N3. The molecule has 0 aromatic carbocycles. The van der Waals surface area contributed by atoms with E-state index in [0.717, 1.165) is 19.0 Å². The summed E-state index contributed by atoms with van der Waals surface area (Å²) in [7, 11) is 0. The summed E-state index contributed by atoms with van der Waals surface area (Å²) >= 11 is 0. The average molecular weight is 160 g/mol. The average Bonchev–Trinajstić information content (AvgIpc) is 2.72. The topological polar surface area (TPSA) is 37.8 Å². The van der Waals surface area contributed by atoms with Crippen molar-refractivity contribution in [2.75, 3.05) is 13.1 Å². The minimum atomic E-state index is 0.361. The van der Waals surface area contributed by atoms with Gasteiger partial charge in [0, 0.05) is 18.2 Å². The van der Waals surface area contributed by atoms with E-state index in [0.29, 0.717) is 5.41 Å². The highest BCUT2D eigenvalue weighted by Gasteiger charge is 2.59. The maximum Gasteiger partial charge on any atom is 0.197 e. The lowest BCUT2D eigenvalue weighted by Crippen LogP contribution is -2.20. The highest BCUT2D eigenvalue weighted by Crippen LogP contribution is 2.55. The van der Waals surface area contributed by atoms with Crippen LogP contribution in [0.5, 0.6) is 0 Å². The second-order valence-corrected chi connectivity index (χ2v) is 3.73. The van der Waals surface area contributed by atoms with E-state index in [1.807, 2.05) is 6.07 Å². The lowest BCUT2D eigenvalue weighted by molar-refractivity contribution is 0.653. The van der Waals surface area contributed by atoms with Gasteiger partial charge in [0.2, 0.25) is 0 Å². The predicted octanol–water partition coefficient (Wildman–Crippen LogP) is 0.138. The molecule has 3 rings (SSSR count). The van der Waals surface area contributed by atoms with Crippen LogP contribution in [-0.2, 0) is 5.41 Å². The molecule has 3 nitrogen and oxygen atoms in total. The van der Waals surface area contributed by atoms with Crippen molar-refractivity contribution in [1.82, 2.24) is 15.3 Å². The summed E-state index contributed by atoms with van der Waals surface area (Å²) in [5.74, 6) is 0.820. The van der Waals surface area contributed by atoms with E-state index in [-0.39, 0.29) is 0 Å². The largest absolute Gasteiger partial charge is 0.315 e. The quantitative estimate of drug-likeness (QED) is 0.635. The molecule has 2 atom stereocenters. The predicted molar refractivity (Wildman–Crippen MR) is 43.5 cm³/mol. The van der Waals surface area contributed by atoms with Gasteiger partial charge >= 0.3 is 0 Å². The Balaban J connectivity index is 2.00. The molecule has 2 unspecified atom stereocenters. The molecule has 1 aliphatic heterocycles. The lowest BCUT2D eigenvalue weighted by Gasteiger charge is -2.08. The van der Waals surface area contributed by atoms with E-state index in [1.54, 1.807) is 6.20 Å². The van der Waals surface area contributed by atoms with Crippen LogP contribution in [0.2, 0.25) is 0 Å². The SMILES string of the molecule is [c]1nccc(C23CNCC2C3)n1. The monoisotopic (exact) mass is 160 g/mol. The van der Waals surface area contributed by atoms with Gasteiger partial charge in [-0.15, -0.1) is 0 Å². The number of hydrogen-bond donors (Lipinski definition) is 1. The molecule has 0 bridgehead atoms. The van der Waals surface area contributed by atoms with Crippen molar-refractivity contribution < 1.29 is 0 Å². The molecule has 2 heterocycles. The minimum absolute atomic E-state index is 0.361. The first-order valence-electron chi connectivity index (χ1n) is 4.32. The van der Waals surface area contributed by atoms with Crippen LogP contribution in [0.3, 0.4) is 0 Å². The number of nitrogens with zero attached hydrogens (tertiary/aromatic N) is 2. The molecule has 1 aliphatic carbocycles. The highest BCUT2D eigenvalue weighted by molar-refractivity contribution is 5.30. The van der Waals surface area contributed by atoms with Gasteiger partial charge in [-0.1, -0.05) is 0 Å². The molecule has 0 spiro atoms. The van der Waals surface area contributed by atoms with Gasteiger partial charge in [0.15, 0.2) is 6.33 Å². The Morgan fingerprint density at radius 3 is 3.25 bits per heavy atom. The summed E-state index contributed by atoms with van der Waals surface area (Å²) in [6, 6.07) is 2.02. The third-order valence-electron chi connectivity index (χ3n) is 3.11. The van der Waals surface area contributed by atoms with Gasteiger partial charge in [-0.25, -0.2) is 9.97 Å². The zero-order valence-corrected chi connectivity index (χ0v) is 6.75. The molecule has 1 aromatic heterocycles. The molecule has 1 saturated heterocycles. The number of piperidine rings is 1. The first-order chi connectivity index (χ1) is 5.92.